The maximum absolute atomic E-state index is 12.8. The Labute approximate surface area is 226 Å². The fourth-order valence-electron chi connectivity index (χ4n) is 6.82. The molecular weight excluding hydrogens is 488 g/mol. The zero-order valence-electron chi connectivity index (χ0n) is 23.9. The summed E-state index contributed by atoms with van der Waals surface area (Å²) in [5.74, 6) is -1.17. The molecule has 0 aromatic rings. The van der Waals surface area contributed by atoms with Gasteiger partial charge in [0, 0.05) is 33.0 Å². The molecule has 0 radical (unpaired) electrons. The lowest BCUT2D eigenvalue weighted by atomic mass is 9.45. The molecule has 1 spiro atoms. The number of carbonyl (C=O) groups excluding carboxylic acids is 3. The predicted molar refractivity (Wildman–Crippen MR) is 141 cm³/mol. The van der Waals surface area contributed by atoms with E-state index in [0.29, 0.717) is 24.8 Å². The van der Waals surface area contributed by atoms with E-state index in [-0.39, 0.29) is 35.2 Å². The number of rotatable bonds is 10. The van der Waals surface area contributed by atoms with Crippen molar-refractivity contribution in [3.8, 4) is 0 Å². The highest BCUT2D eigenvalue weighted by Gasteiger charge is 2.71. The Hall–Kier alpha value is -2.45. The van der Waals surface area contributed by atoms with Crippen LogP contribution in [0.25, 0.3) is 0 Å². The van der Waals surface area contributed by atoms with E-state index in [1.807, 2.05) is 19.9 Å². The second-order valence-electron chi connectivity index (χ2n) is 11.7. The van der Waals surface area contributed by atoms with Gasteiger partial charge in [-0.2, -0.15) is 0 Å². The third-order valence-electron chi connectivity index (χ3n) is 8.79. The largest absolute Gasteiger partial charge is 0.458 e. The van der Waals surface area contributed by atoms with Crippen molar-refractivity contribution in [1.82, 2.24) is 0 Å². The van der Waals surface area contributed by atoms with Gasteiger partial charge in [0.05, 0.1) is 11.5 Å². The molecule has 0 aromatic carbocycles. The van der Waals surface area contributed by atoms with Crippen molar-refractivity contribution >= 4 is 17.9 Å². The number of methoxy groups -OCH3 is 1. The molecule has 8 atom stereocenters. The lowest BCUT2D eigenvalue weighted by Gasteiger charge is -2.61. The van der Waals surface area contributed by atoms with E-state index < -0.39 is 36.0 Å². The van der Waals surface area contributed by atoms with Crippen LogP contribution in [-0.2, 0) is 38.1 Å². The maximum Gasteiger partial charge on any atom is 0.306 e. The van der Waals surface area contributed by atoms with Crippen LogP contribution >= 0.6 is 0 Å². The number of hydrogen-bond acceptors (Lipinski definition) is 8. The number of allylic oxidation sites excluding steroid dienone is 2. The van der Waals surface area contributed by atoms with Crippen molar-refractivity contribution < 1.29 is 38.1 Å². The van der Waals surface area contributed by atoms with Crippen LogP contribution in [0.5, 0.6) is 0 Å². The van der Waals surface area contributed by atoms with Gasteiger partial charge in [-0.25, -0.2) is 0 Å². The monoisotopic (exact) mass is 532 g/mol. The minimum absolute atomic E-state index is 0.151. The fourth-order valence-corrected chi connectivity index (χ4v) is 6.82. The summed E-state index contributed by atoms with van der Waals surface area (Å²) >= 11 is 0. The first-order chi connectivity index (χ1) is 17.8. The highest BCUT2D eigenvalue weighted by atomic mass is 16.8. The summed E-state index contributed by atoms with van der Waals surface area (Å²) in [5.41, 5.74) is 0.323. The van der Waals surface area contributed by atoms with Crippen LogP contribution in [0.15, 0.2) is 36.5 Å². The number of hydrogen-bond donors (Lipinski definition) is 0. The summed E-state index contributed by atoms with van der Waals surface area (Å²) < 4.78 is 29.7. The summed E-state index contributed by atoms with van der Waals surface area (Å²) in [6.45, 7) is 19.0. The summed E-state index contributed by atoms with van der Waals surface area (Å²) in [6, 6.07) is 0. The predicted octanol–water partition coefficient (Wildman–Crippen LogP) is 5.27. The Kier molecular flexibility index (Phi) is 9.30. The van der Waals surface area contributed by atoms with Crippen LogP contribution in [0.1, 0.15) is 73.6 Å². The van der Waals surface area contributed by atoms with E-state index in [1.165, 1.54) is 13.8 Å². The molecule has 3 aliphatic rings. The molecule has 0 bridgehead atoms. The van der Waals surface area contributed by atoms with Gasteiger partial charge in [0.1, 0.15) is 6.10 Å². The van der Waals surface area contributed by atoms with Gasteiger partial charge in [-0.3, -0.25) is 19.1 Å². The van der Waals surface area contributed by atoms with Gasteiger partial charge < -0.3 is 18.9 Å². The first-order valence-electron chi connectivity index (χ1n) is 13.5. The smallest absolute Gasteiger partial charge is 0.306 e. The molecule has 0 unspecified atom stereocenters. The maximum atomic E-state index is 12.8. The van der Waals surface area contributed by atoms with Crippen LogP contribution in [-0.4, -0.2) is 49.8 Å². The molecule has 0 aromatic heterocycles. The third kappa shape index (κ3) is 5.62. The van der Waals surface area contributed by atoms with Gasteiger partial charge in [0.25, 0.3) is 0 Å². The molecule has 1 saturated carbocycles. The molecule has 2 aliphatic carbocycles. The summed E-state index contributed by atoms with van der Waals surface area (Å²) in [7, 11) is 1.64. The van der Waals surface area contributed by atoms with Crippen LogP contribution in [0.4, 0.5) is 0 Å². The number of esters is 3. The van der Waals surface area contributed by atoms with Gasteiger partial charge in [0.15, 0.2) is 0 Å². The zero-order valence-corrected chi connectivity index (χ0v) is 23.9. The standard InChI is InChI=1S/C30H44O8/c1-10-18(4)11-12-29(8)19(5)14-25(34-9)30-23(27(35-20(6)31)38-28(30)36-21(7)32)15-22(16-24(29)30)37-26(33)13-17(2)3/h10,15,17,19,22,24-25,27-28H,1,4,11-14,16H2,2-3,5-9H3/t19-,22+,24+,25+,27+,28-,29-,30-/m0/s1. The van der Waals surface area contributed by atoms with Gasteiger partial charge >= 0.3 is 17.9 Å². The number of carbonyl (C=O) groups is 3. The third-order valence-corrected chi connectivity index (χ3v) is 8.79. The molecule has 1 aliphatic heterocycles. The Morgan fingerprint density at radius 1 is 1.16 bits per heavy atom. The normalized spacial score (nSPS) is 35.9. The Morgan fingerprint density at radius 3 is 2.37 bits per heavy atom. The van der Waals surface area contributed by atoms with Crippen molar-refractivity contribution in [2.75, 3.05) is 7.11 Å². The zero-order chi connectivity index (χ0) is 28.4. The molecule has 0 N–H and O–H groups in total. The second-order valence-corrected chi connectivity index (χ2v) is 11.7. The topological polar surface area (TPSA) is 97.4 Å². The molecular formula is C30H44O8. The molecule has 3 rings (SSSR count). The Bertz CT molecular complexity index is 983. The van der Waals surface area contributed by atoms with Crippen molar-refractivity contribution in [3.63, 3.8) is 0 Å². The quantitative estimate of drug-likeness (QED) is 0.162. The first kappa shape index (κ1) is 30.1. The summed E-state index contributed by atoms with van der Waals surface area (Å²) in [6.07, 6.45) is 3.50. The molecule has 1 saturated heterocycles. The van der Waals surface area contributed by atoms with Crippen LogP contribution in [0, 0.1) is 28.6 Å². The van der Waals surface area contributed by atoms with E-state index in [1.54, 1.807) is 13.2 Å². The van der Waals surface area contributed by atoms with Crippen LogP contribution < -0.4 is 0 Å². The van der Waals surface area contributed by atoms with Crippen molar-refractivity contribution in [3.05, 3.63) is 36.5 Å². The minimum atomic E-state index is -1.09. The van der Waals surface area contributed by atoms with Crippen LogP contribution in [0.3, 0.4) is 0 Å². The van der Waals surface area contributed by atoms with Gasteiger partial charge in [0.2, 0.25) is 12.6 Å². The van der Waals surface area contributed by atoms with Gasteiger partial charge in [-0.05, 0) is 54.9 Å². The lowest BCUT2D eigenvalue weighted by Crippen LogP contribution is -2.63. The van der Waals surface area contributed by atoms with Gasteiger partial charge in [-0.1, -0.05) is 52.5 Å². The molecule has 212 valence electrons. The Morgan fingerprint density at radius 2 is 1.82 bits per heavy atom. The SMILES string of the molecule is C=CC(=C)CC[C@]1(C)[C@H]2C[C@H](OC(=O)CC(C)C)C=C3[C@H](OC(C)=O)O[C@H](OC(C)=O)[C@@]32[C@H](OC)C[C@@H]1C. The van der Waals surface area contributed by atoms with Crippen molar-refractivity contribution in [2.24, 2.45) is 28.6 Å². The van der Waals surface area contributed by atoms with E-state index in [0.717, 1.165) is 18.4 Å². The van der Waals surface area contributed by atoms with E-state index in [9.17, 15) is 14.4 Å². The Balaban J connectivity index is 2.21. The second kappa shape index (κ2) is 11.7. The van der Waals surface area contributed by atoms with E-state index in [4.69, 9.17) is 23.7 Å². The van der Waals surface area contributed by atoms with Crippen LogP contribution in [0.2, 0.25) is 0 Å². The molecule has 38 heavy (non-hydrogen) atoms. The molecule has 8 nitrogen and oxygen atoms in total. The van der Waals surface area contributed by atoms with Gasteiger partial charge in [-0.15, -0.1) is 0 Å². The molecule has 1 heterocycles. The highest BCUT2D eigenvalue weighted by molar-refractivity contribution is 5.70. The average Bonchev–Trinajstić information content (AvgIpc) is 3.10. The van der Waals surface area contributed by atoms with E-state index in [2.05, 4.69) is 27.0 Å². The molecule has 8 heteroatoms. The fraction of sp³-hybridized carbons (Fsp3) is 0.700. The highest BCUT2D eigenvalue weighted by Crippen LogP contribution is 2.68. The van der Waals surface area contributed by atoms with Crippen molar-refractivity contribution in [1.29, 1.82) is 0 Å². The average molecular weight is 533 g/mol. The minimum Gasteiger partial charge on any atom is -0.458 e. The lowest BCUT2D eigenvalue weighted by molar-refractivity contribution is -0.257. The summed E-state index contributed by atoms with van der Waals surface area (Å²) in [5, 5.41) is 0. The molecule has 0 amide bonds. The number of ether oxygens (including phenoxy) is 5. The van der Waals surface area contributed by atoms with Crippen molar-refractivity contribution in [2.45, 2.75) is 98.4 Å². The molecule has 2 fully saturated rings. The first-order valence-corrected chi connectivity index (χ1v) is 13.5. The summed E-state index contributed by atoms with van der Waals surface area (Å²) in [4.78, 5) is 37.2. The van der Waals surface area contributed by atoms with E-state index >= 15 is 0 Å².